The van der Waals surface area contributed by atoms with Gasteiger partial charge in [0.05, 0.1) is 0 Å². The van der Waals surface area contributed by atoms with Crippen LogP contribution in [0.4, 0.5) is 0 Å². The second kappa shape index (κ2) is 47.5. The first-order chi connectivity index (χ1) is 29.0. The Kier molecular flexibility index (Phi) is 45.0. The highest BCUT2D eigenvalue weighted by atomic mass is 16.6. The maximum atomic E-state index is 12.7. The maximum absolute atomic E-state index is 12.7. The summed E-state index contributed by atoms with van der Waals surface area (Å²) in [5, 5.41) is 0. The summed E-state index contributed by atoms with van der Waals surface area (Å²) in [7, 11) is 0. The third-order valence-electron chi connectivity index (χ3n) is 10.1. The summed E-state index contributed by atoms with van der Waals surface area (Å²) in [6, 6.07) is 0. The molecule has 0 amide bonds. The highest BCUT2D eigenvalue weighted by Gasteiger charge is 2.19. The summed E-state index contributed by atoms with van der Waals surface area (Å²) >= 11 is 0. The van der Waals surface area contributed by atoms with Gasteiger partial charge in [0.2, 0.25) is 0 Å². The van der Waals surface area contributed by atoms with Gasteiger partial charge in [0.15, 0.2) is 6.10 Å². The van der Waals surface area contributed by atoms with Gasteiger partial charge in [0.1, 0.15) is 13.2 Å². The highest BCUT2D eigenvalue weighted by Crippen LogP contribution is 2.13. The molecule has 59 heavy (non-hydrogen) atoms. The largest absolute Gasteiger partial charge is 0.462 e. The minimum Gasteiger partial charge on any atom is -0.462 e. The Morgan fingerprint density at radius 2 is 0.695 bits per heavy atom. The van der Waals surface area contributed by atoms with E-state index in [1.54, 1.807) is 0 Å². The maximum Gasteiger partial charge on any atom is 0.306 e. The van der Waals surface area contributed by atoms with Crippen LogP contribution >= 0.6 is 0 Å². The Labute approximate surface area is 363 Å². The normalized spacial score (nSPS) is 12.7. The molecule has 6 heteroatoms. The van der Waals surface area contributed by atoms with Gasteiger partial charge >= 0.3 is 17.9 Å². The standard InChI is InChI=1S/C53H90O6/c1-4-7-10-13-16-19-22-25-26-29-31-34-37-40-43-46-52(55)58-49-50(59-53(56)47-44-41-38-35-32-28-24-21-18-15-12-9-6-3)48-57-51(54)45-42-39-36-33-30-27-23-20-17-14-11-8-5-2/h9,11-12,14,18,20-21,23,25-26,28,32,50H,4-8,10,13,15-17,19,22,24,27,29-31,33-49H2,1-3H3/b12-9-,14-11-,21-18-,23-20-,26-25-,32-28-. The second-order valence-corrected chi connectivity index (χ2v) is 16.0. The molecule has 0 aromatic heterocycles. The third-order valence-corrected chi connectivity index (χ3v) is 10.1. The number of esters is 3. The summed E-state index contributed by atoms with van der Waals surface area (Å²) in [5.41, 5.74) is 0. The third kappa shape index (κ3) is 45.8. The Balaban J connectivity index is 4.45. The van der Waals surface area contributed by atoms with E-state index in [4.69, 9.17) is 14.2 Å². The van der Waals surface area contributed by atoms with Crippen molar-refractivity contribution in [3.05, 3.63) is 72.9 Å². The number of hydrogen-bond acceptors (Lipinski definition) is 6. The molecule has 0 heterocycles. The lowest BCUT2D eigenvalue weighted by Gasteiger charge is -2.18. The van der Waals surface area contributed by atoms with Gasteiger partial charge in [-0.3, -0.25) is 14.4 Å². The van der Waals surface area contributed by atoms with Crippen LogP contribution in [0.5, 0.6) is 0 Å². The lowest BCUT2D eigenvalue weighted by Crippen LogP contribution is -2.30. The van der Waals surface area contributed by atoms with E-state index in [2.05, 4.69) is 93.7 Å². The van der Waals surface area contributed by atoms with E-state index < -0.39 is 6.10 Å². The van der Waals surface area contributed by atoms with Crippen molar-refractivity contribution in [2.45, 2.75) is 232 Å². The fourth-order valence-corrected chi connectivity index (χ4v) is 6.49. The van der Waals surface area contributed by atoms with Crippen molar-refractivity contribution in [2.75, 3.05) is 13.2 Å². The van der Waals surface area contributed by atoms with Gasteiger partial charge in [-0.05, 0) is 103 Å². The molecular weight excluding hydrogens is 733 g/mol. The Morgan fingerprint density at radius 1 is 0.356 bits per heavy atom. The zero-order chi connectivity index (χ0) is 43.0. The van der Waals surface area contributed by atoms with Gasteiger partial charge in [0, 0.05) is 19.3 Å². The molecule has 338 valence electrons. The molecule has 0 saturated heterocycles. The summed E-state index contributed by atoms with van der Waals surface area (Å²) in [6.07, 6.45) is 58.8. The second-order valence-electron chi connectivity index (χ2n) is 16.0. The van der Waals surface area contributed by atoms with Gasteiger partial charge in [0.25, 0.3) is 0 Å². The molecule has 0 N–H and O–H groups in total. The first kappa shape index (κ1) is 55.9. The average molecular weight is 823 g/mol. The predicted molar refractivity (Wildman–Crippen MR) is 251 cm³/mol. The fourth-order valence-electron chi connectivity index (χ4n) is 6.49. The van der Waals surface area contributed by atoms with E-state index in [0.717, 1.165) is 122 Å². The summed E-state index contributed by atoms with van der Waals surface area (Å²) < 4.78 is 16.7. The van der Waals surface area contributed by atoms with Crippen LogP contribution in [0.15, 0.2) is 72.9 Å². The molecule has 0 aromatic rings. The molecule has 0 fully saturated rings. The van der Waals surface area contributed by atoms with E-state index in [9.17, 15) is 14.4 Å². The minimum absolute atomic E-state index is 0.0967. The first-order valence-corrected chi connectivity index (χ1v) is 24.4. The van der Waals surface area contributed by atoms with Crippen molar-refractivity contribution in [1.82, 2.24) is 0 Å². The zero-order valence-electron chi connectivity index (χ0n) is 38.5. The molecule has 0 aliphatic rings. The molecule has 1 atom stereocenters. The molecule has 0 aliphatic heterocycles. The van der Waals surface area contributed by atoms with E-state index in [1.807, 2.05) is 0 Å². The Morgan fingerprint density at radius 3 is 1.14 bits per heavy atom. The molecule has 0 saturated carbocycles. The van der Waals surface area contributed by atoms with Crippen molar-refractivity contribution in [2.24, 2.45) is 0 Å². The molecule has 0 rings (SSSR count). The van der Waals surface area contributed by atoms with Crippen molar-refractivity contribution < 1.29 is 28.6 Å². The van der Waals surface area contributed by atoms with Crippen LogP contribution in [0.1, 0.15) is 226 Å². The minimum atomic E-state index is -0.798. The fraction of sp³-hybridized carbons (Fsp3) is 0.717. The quantitative estimate of drug-likeness (QED) is 0.0264. The predicted octanol–water partition coefficient (Wildman–Crippen LogP) is 15.9. The van der Waals surface area contributed by atoms with Gasteiger partial charge in [-0.15, -0.1) is 0 Å². The number of rotatable bonds is 43. The number of ether oxygens (including phenoxy) is 3. The smallest absolute Gasteiger partial charge is 0.306 e. The molecule has 0 radical (unpaired) electrons. The van der Waals surface area contributed by atoms with Gasteiger partial charge in [-0.25, -0.2) is 0 Å². The number of allylic oxidation sites excluding steroid dienone is 12. The van der Waals surface area contributed by atoms with Crippen LogP contribution in [0.3, 0.4) is 0 Å². The summed E-state index contributed by atoms with van der Waals surface area (Å²) in [5.74, 6) is -0.951. The van der Waals surface area contributed by atoms with Crippen LogP contribution < -0.4 is 0 Å². The van der Waals surface area contributed by atoms with Crippen molar-refractivity contribution in [1.29, 1.82) is 0 Å². The van der Waals surface area contributed by atoms with Gasteiger partial charge < -0.3 is 14.2 Å². The van der Waals surface area contributed by atoms with Gasteiger partial charge in [-0.2, -0.15) is 0 Å². The topological polar surface area (TPSA) is 78.9 Å². The first-order valence-electron chi connectivity index (χ1n) is 24.4. The summed E-state index contributed by atoms with van der Waals surface area (Å²) in [4.78, 5) is 37.9. The van der Waals surface area contributed by atoms with E-state index in [0.29, 0.717) is 12.8 Å². The number of unbranched alkanes of at least 4 members (excludes halogenated alkanes) is 20. The van der Waals surface area contributed by atoms with E-state index in [1.165, 1.54) is 64.2 Å². The Hall–Kier alpha value is -3.15. The average Bonchev–Trinajstić information content (AvgIpc) is 3.23. The monoisotopic (exact) mass is 823 g/mol. The number of carbonyl (C=O) groups is 3. The van der Waals surface area contributed by atoms with Gasteiger partial charge in [-0.1, -0.05) is 177 Å². The SMILES string of the molecule is CC/C=C\C/C=C\C/C=C\CCCCCC(=O)OC(COC(=O)CCCCCCC/C=C\C/C=C\CCC)COC(=O)CCCCCCC/C=C\CCCCCCCC. The molecule has 6 nitrogen and oxygen atoms in total. The highest BCUT2D eigenvalue weighted by molar-refractivity contribution is 5.71. The van der Waals surface area contributed by atoms with Crippen molar-refractivity contribution >= 4 is 17.9 Å². The number of hydrogen-bond donors (Lipinski definition) is 0. The van der Waals surface area contributed by atoms with Crippen LogP contribution in [-0.2, 0) is 28.6 Å². The molecule has 0 bridgehead atoms. The van der Waals surface area contributed by atoms with Crippen LogP contribution in [0.2, 0.25) is 0 Å². The molecular formula is C53H90O6. The van der Waals surface area contributed by atoms with Crippen LogP contribution in [-0.4, -0.2) is 37.2 Å². The number of carbonyl (C=O) groups excluding carboxylic acids is 3. The summed E-state index contributed by atoms with van der Waals surface area (Å²) in [6.45, 7) is 6.40. The molecule has 1 unspecified atom stereocenters. The lowest BCUT2D eigenvalue weighted by molar-refractivity contribution is -0.167. The Bertz CT molecular complexity index is 1130. The lowest BCUT2D eigenvalue weighted by atomic mass is 10.1. The van der Waals surface area contributed by atoms with Crippen molar-refractivity contribution in [3.63, 3.8) is 0 Å². The van der Waals surface area contributed by atoms with E-state index in [-0.39, 0.29) is 37.5 Å². The van der Waals surface area contributed by atoms with Crippen molar-refractivity contribution in [3.8, 4) is 0 Å². The zero-order valence-corrected chi connectivity index (χ0v) is 38.5. The van der Waals surface area contributed by atoms with Crippen LogP contribution in [0, 0.1) is 0 Å². The molecule has 0 aliphatic carbocycles. The molecule has 0 spiro atoms. The van der Waals surface area contributed by atoms with E-state index >= 15 is 0 Å². The van der Waals surface area contributed by atoms with Crippen LogP contribution in [0.25, 0.3) is 0 Å². The molecule has 0 aromatic carbocycles.